The molecule has 1 atom stereocenters. The third-order valence-electron chi connectivity index (χ3n) is 3.86. The fourth-order valence-electron chi connectivity index (χ4n) is 2.82. The Morgan fingerprint density at radius 3 is 2.84 bits per heavy atom. The van der Waals surface area contributed by atoms with E-state index in [1.807, 2.05) is 12.1 Å². The van der Waals surface area contributed by atoms with Crippen LogP contribution >= 0.6 is 0 Å². The standard InChI is InChI=1S/C17H24FN/c1-2-19-17(14-9-5-3-4-6-10-14)13-15-11-7-8-12-16(15)18/h7-9,11-12,17,19H,2-6,10,13H2,1H3. The molecule has 104 valence electrons. The van der Waals surface area contributed by atoms with E-state index in [9.17, 15) is 4.39 Å². The van der Waals surface area contributed by atoms with E-state index in [1.165, 1.54) is 31.3 Å². The quantitative estimate of drug-likeness (QED) is 0.782. The second-order valence-electron chi connectivity index (χ2n) is 5.28. The van der Waals surface area contributed by atoms with Crippen LogP contribution in [0.15, 0.2) is 35.9 Å². The molecular formula is C17H24FN. The van der Waals surface area contributed by atoms with Crippen LogP contribution in [0.25, 0.3) is 0 Å². The van der Waals surface area contributed by atoms with Gasteiger partial charge in [0.05, 0.1) is 0 Å². The van der Waals surface area contributed by atoms with Crippen LogP contribution in [-0.2, 0) is 6.42 Å². The molecule has 1 N–H and O–H groups in total. The SMILES string of the molecule is CCNC(Cc1ccccc1F)C1=CCCCCC1. The Morgan fingerprint density at radius 1 is 1.21 bits per heavy atom. The van der Waals surface area contributed by atoms with Crippen LogP contribution in [0, 0.1) is 5.82 Å². The molecule has 0 spiro atoms. The predicted octanol–water partition coefficient (Wildman–Crippen LogP) is 4.24. The van der Waals surface area contributed by atoms with Crippen LogP contribution in [0.4, 0.5) is 4.39 Å². The first-order chi connectivity index (χ1) is 9.31. The first kappa shape index (κ1) is 14.3. The number of allylic oxidation sites excluding steroid dienone is 1. The molecule has 1 nitrogen and oxygen atoms in total. The average molecular weight is 261 g/mol. The van der Waals surface area contributed by atoms with Crippen molar-refractivity contribution in [3.8, 4) is 0 Å². The fraction of sp³-hybridized carbons (Fsp3) is 0.529. The number of likely N-dealkylation sites (N-methyl/N-ethyl adjacent to an activating group) is 1. The maximum Gasteiger partial charge on any atom is 0.126 e. The van der Waals surface area contributed by atoms with Gasteiger partial charge in [0.2, 0.25) is 0 Å². The van der Waals surface area contributed by atoms with Gasteiger partial charge in [-0.15, -0.1) is 0 Å². The lowest BCUT2D eigenvalue weighted by Crippen LogP contribution is -2.33. The maximum absolute atomic E-state index is 13.8. The van der Waals surface area contributed by atoms with Gasteiger partial charge in [-0.1, -0.05) is 43.2 Å². The molecule has 0 aromatic heterocycles. The third-order valence-corrected chi connectivity index (χ3v) is 3.86. The first-order valence-electron chi connectivity index (χ1n) is 7.47. The Bertz CT molecular complexity index is 425. The van der Waals surface area contributed by atoms with Crippen LogP contribution in [0.3, 0.4) is 0 Å². The second kappa shape index (κ2) is 7.44. The van der Waals surface area contributed by atoms with Gasteiger partial charge in [0.25, 0.3) is 0 Å². The lowest BCUT2D eigenvalue weighted by atomic mass is 9.95. The number of halogens is 1. The van der Waals surface area contributed by atoms with Gasteiger partial charge in [-0.3, -0.25) is 0 Å². The highest BCUT2D eigenvalue weighted by molar-refractivity contribution is 5.23. The minimum atomic E-state index is -0.0837. The first-order valence-corrected chi connectivity index (χ1v) is 7.47. The minimum Gasteiger partial charge on any atom is -0.310 e. The average Bonchev–Trinajstić information content (AvgIpc) is 2.69. The summed E-state index contributed by atoms with van der Waals surface area (Å²) in [7, 11) is 0. The number of hydrogen-bond donors (Lipinski definition) is 1. The Kier molecular flexibility index (Phi) is 5.59. The zero-order valence-electron chi connectivity index (χ0n) is 11.8. The summed E-state index contributed by atoms with van der Waals surface area (Å²) in [6, 6.07) is 7.42. The van der Waals surface area contributed by atoms with Crippen LogP contribution in [0.5, 0.6) is 0 Å². The molecule has 0 amide bonds. The van der Waals surface area contributed by atoms with Gasteiger partial charge in [-0.25, -0.2) is 4.39 Å². The molecular weight excluding hydrogens is 237 g/mol. The normalized spacial score (nSPS) is 17.7. The minimum absolute atomic E-state index is 0.0837. The van der Waals surface area contributed by atoms with E-state index in [4.69, 9.17) is 0 Å². The molecule has 0 saturated heterocycles. The summed E-state index contributed by atoms with van der Waals surface area (Å²) < 4.78 is 13.8. The lowest BCUT2D eigenvalue weighted by Gasteiger charge is -2.21. The summed E-state index contributed by atoms with van der Waals surface area (Å²) in [6.45, 7) is 3.04. The number of hydrogen-bond acceptors (Lipinski definition) is 1. The molecule has 0 radical (unpaired) electrons. The van der Waals surface area contributed by atoms with E-state index in [1.54, 1.807) is 12.1 Å². The Balaban J connectivity index is 2.11. The highest BCUT2D eigenvalue weighted by Crippen LogP contribution is 2.22. The van der Waals surface area contributed by atoms with Crippen molar-refractivity contribution in [3.05, 3.63) is 47.3 Å². The molecule has 1 aliphatic rings. The van der Waals surface area contributed by atoms with E-state index >= 15 is 0 Å². The summed E-state index contributed by atoms with van der Waals surface area (Å²) in [5.41, 5.74) is 2.29. The van der Waals surface area contributed by atoms with Crippen molar-refractivity contribution >= 4 is 0 Å². The van der Waals surface area contributed by atoms with Gasteiger partial charge in [-0.05, 0) is 50.3 Å². The highest BCUT2D eigenvalue weighted by atomic mass is 19.1. The summed E-state index contributed by atoms with van der Waals surface area (Å²) in [6.07, 6.45) is 9.35. The molecule has 1 aliphatic carbocycles. The van der Waals surface area contributed by atoms with Gasteiger partial charge in [0, 0.05) is 6.04 Å². The maximum atomic E-state index is 13.8. The smallest absolute Gasteiger partial charge is 0.126 e. The molecule has 0 heterocycles. The van der Waals surface area contributed by atoms with Crippen LogP contribution < -0.4 is 5.32 Å². The molecule has 0 saturated carbocycles. The molecule has 19 heavy (non-hydrogen) atoms. The largest absolute Gasteiger partial charge is 0.310 e. The van der Waals surface area contributed by atoms with Crippen molar-refractivity contribution in [1.82, 2.24) is 5.32 Å². The Labute approximate surface area is 115 Å². The second-order valence-corrected chi connectivity index (χ2v) is 5.28. The fourth-order valence-corrected chi connectivity index (χ4v) is 2.82. The highest BCUT2D eigenvalue weighted by Gasteiger charge is 2.16. The van der Waals surface area contributed by atoms with Crippen LogP contribution in [-0.4, -0.2) is 12.6 Å². The number of benzene rings is 1. The topological polar surface area (TPSA) is 12.0 Å². The molecule has 1 aromatic carbocycles. The van der Waals surface area contributed by atoms with Gasteiger partial charge < -0.3 is 5.32 Å². The summed E-state index contributed by atoms with van der Waals surface area (Å²) >= 11 is 0. The predicted molar refractivity (Wildman–Crippen MR) is 78.7 cm³/mol. The van der Waals surface area contributed by atoms with Crippen molar-refractivity contribution in [2.75, 3.05) is 6.54 Å². The Morgan fingerprint density at radius 2 is 2.05 bits per heavy atom. The van der Waals surface area contributed by atoms with Crippen molar-refractivity contribution in [1.29, 1.82) is 0 Å². The van der Waals surface area contributed by atoms with Gasteiger partial charge in [0.15, 0.2) is 0 Å². The number of rotatable bonds is 5. The molecule has 0 fully saturated rings. The summed E-state index contributed by atoms with van der Waals surface area (Å²) in [5.74, 6) is -0.0837. The van der Waals surface area contributed by atoms with E-state index in [2.05, 4.69) is 18.3 Å². The monoisotopic (exact) mass is 261 g/mol. The molecule has 1 aromatic rings. The van der Waals surface area contributed by atoms with E-state index < -0.39 is 0 Å². The van der Waals surface area contributed by atoms with Crippen LogP contribution in [0.1, 0.15) is 44.6 Å². The molecule has 0 aliphatic heterocycles. The Hall–Kier alpha value is -1.15. The van der Waals surface area contributed by atoms with E-state index in [0.29, 0.717) is 6.04 Å². The van der Waals surface area contributed by atoms with Crippen molar-refractivity contribution in [2.45, 2.75) is 51.5 Å². The van der Waals surface area contributed by atoms with Crippen molar-refractivity contribution < 1.29 is 4.39 Å². The lowest BCUT2D eigenvalue weighted by molar-refractivity contribution is 0.540. The summed E-state index contributed by atoms with van der Waals surface area (Å²) in [5, 5.41) is 3.52. The van der Waals surface area contributed by atoms with Gasteiger partial charge in [-0.2, -0.15) is 0 Å². The third kappa shape index (κ3) is 4.17. The van der Waals surface area contributed by atoms with Crippen molar-refractivity contribution in [2.24, 2.45) is 0 Å². The molecule has 2 rings (SSSR count). The zero-order valence-corrected chi connectivity index (χ0v) is 11.8. The number of nitrogens with one attached hydrogen (secondary N) is 1. The summed E-state index contributed by atoms with van der Waals surface area (Å²) in [4.78, 5) is 0. The molecule has 1 unspecified atom stereocenters. The molecule has 2 heteroatoms. The van der Waals surface area contributed by atoms with E-state index in [-0.39, 0.29) is 5.82 Å². The van der Waals surface area contributed by atoms with Gasteiger partial charge in [0.1, 0.15) is 5.82 Å². The van der Waals surface area contributed by atoms with Crippen LogP contribution in [0.2, 0.25) is 0 Å². The zero-order chi connectivity index (χ0) is 13.5. The van der Waals surface area contributed by atoms with E-state index in [0.717, 1.165) is 24.9 Å². The molecule has 0 bridgehead atoms. The van der Waals surface area contributed by atoms with Gasteiger partial charge >= 0.3 is 0 Å². The van der Waals surface area contributed by atoms with Crippen molar-refractivity contribution in [3.63, 3.8) is 0 Å².